The number of hydrogen-bond donors (Lipinski definition) is 2. The SMILES string of the molecule is Cc1cccc(NS(=O)(=O)c2cc(C(N)=O)n(C)c2)c1C. The van der Waals surface area contributed by atoms with Crippen LogP contribution in [0.3, 0.4) is 0 Å². The Labute approximate surface area is 123 Å². The van der Waals surface area contributed by atoms with Crippen molar-refractivity contribution >= 4 is 21.6 Å². The van der Waals surface area contributed by atoms with E-state index in [2.05, 4.69) is 4.72 Å². The molecule has 6 nitrogen and oxygen atoms in total. The zero-order chi connectivity index (χ0) is 15.8. The molecule has 0 aliphatic carbocycles. The van der Waals surface area contributed by atoms with Crippen molar-refractivity contribution in [1.29, 1.82) is 0 Å². The maximum Gasteiger partial charge on any atom is 0.265 e. The first-order valence-corrected chi connectivity index (χ1v) is 7.76. The number of sulfonamides is 1. The van der Waals surface area contributed by atoms with E-state index in [1.807, 2.05) is 19.9 Å². The van der Waals surface area contributed by atoms with Gasteiger partial charge in [0, 0.05) is 13.2 Å². The first-order valence-electron chi connectivity index (χ1n) is 6.27. The van der Waals surface area contributed by atoms with Crippen molar-refractivity contribution in [3.05, 3.63) is 47.3 Å². The summed E-state index contributed by atoms with van der Waals surface area (Å²) in [4.78, 5) is 11.2. The molecule has 0 saturated heterocycles. The molecule has 1 aromatic carbocycles. The first kappa shape index (κ1) is 15.1. The van der Waals surface area contributed by atoms with Crippen molar-refractivity contribution in [3.63, 3.8) is 0 Å². The standard InChI is InChI=1S/C14H17N3O3S/c1-9-5-4-6-12(10(9)2)16-21(19,20)11-7-13(14(15)18)17(3)8-11/h4-8,16H,1-3H3,(H2,15,18). The number of hydrogen-bond acceptors (Lipinski definition) is 3. The fraction of sp³-hybridized carbons (Fsp3) is 0.214. The van der Waals surface area contributed by atoms with E-state index in [4.69, 9.17) is 5.73 Å². The first-order chi connectivity index (χ1) is 9.72. The summed E-state index contributed by atoms with van der Waals surface area (Å²) in [6, 6.07) is 6.63. The second kappa shape index (κ2) is 5.25. The average molecular weight is 307 g/mol. The van der Waals surface area contributed by atoms with Gasteiger partial charge in [-0.2, -0.15) is 0 Å². The van der Waals surface area contributed by atoms with Gasteiger partial charge in [0.25, 0.3) is 15.9 Å². The summed E-state index contributed by atoms with van der Waals surface area (Å²) < 4.78 is 28.7. The molecule has 1 aromatic heterocycles. The summed E-state index contributed by atoms with van der Waals surface area (Å²) in [5.74, 6) is -0.675. The minimum atomic E-state index is -3.77. The van der Waals surface area contributed by atoms with Gasteiger partial charge >= 0.3 is 0 Å². The summed E-state index contributed by atoms with van der Waals surface area (Å²) in [7, 11) is -2.20. The lowest BCUT2D eigenvalue weighted by Gasteiger charge is -2.11. The Hall–Kier alpha value is -2.28. The molecule has 0 atom stereocenters. The van der Waals surface area contributed by atoms with Crippen LogP contribution in [-0.4, -0.2) is 18.9 Å². The quantitative estimate of drug-likeness (QED) is 0.897. The third-order valence-electron chi connectivity index (χ3n) is 3.39. The topological polar surface area (TPSA) is 94.2 Å². The molecular weight excluding hydrogens is 290 g/mol. The van der Waals surface area contributed by atoms with Crippen LogP contribution in [0.4, 0.5) is 5.69 Å². The molecule has 0 radical (unpaired) electrons. The Balaban J connectivity index is 2.41. The van der Waals surface area contributed by atoms with E-state index in [9.17, 15) is 13.2 Å². The van der Waals surface area contributed by atoms with Crippen LogP contribution in [0, 0.1) is 13.8 Å². The molecule has 0 saturated carbocycles. The Kier molecular flexibility index (Phi) is 3.78. The molecule has 2 rings (SSSR count). The number of nitrogens with two attached hydrogens (primary N) is 1. The van der Waals surface area contributed by atoms with Crippen molar-refractivity contribution in [2.24, 2.45) is 12.8 Å². The summed E-state index contributed by atoms with van der Waals surface area (Å²) in [5.41, 5.74) is 7.68. The third kappa shape index (κ3) is 2.92. The number of nitrogens with zero attached hydrogens (tertiary/aromatic N) is 1. The largest absolute Gasteiger partial charge is 0.364 e. The predicted octanol–water partition coefficient (Wildman–Crippen LogP) is 1.54. The highest BCUT2D eigenvalue weighted by Gasteiger charge is 2.20. The van der Waals surface area contributed by atoms with E-state index < -0.39 is 15.9 Å². The normalized spacial score (nSPS) is 11.4. The molecule has 112 valence electrons. The van der Waals surface area contributed by atoms with Gasteiger partial charge in [-0.1, -0.05) is 12.1 Å². The molecule has 1 amide bonds. The molecular formula is C14H17N3O3S. The van der Waals surface area contributed by atoms with Gasteiger partial charge in [0.2, 0.25) is 0 Å². The van der Waals surface area contributed by atoms with Crippen LogP contribution in [0.1, 0.15) is 21.6 Å². The minimum absolute atomic E-state index is 0.000272. The van der Waals surface area contributed by atoms with Gasteiger partial charge < -0.3 is 10.3 Å². The molecule has 0 aliphatic heterocycles. The highest BCUT2D eigenvalue weighted by atomic mass is 32.2. The van der Waals surface area contributed by atoms with Crippen molar-refractivity contribution in [3.8, 4) is 0 Å². The lowest BCUT2D eigenvalue weighted by atomic mass is 10.1. The summed E-state index contributed by atoms with van der Waals surface area (Å²) in [5, 5.41) is 0. The van der Waals surface area contributed by atoms with Crippen molar-refractivity contribution < 1.29 is 13.2 Å². The Morgan fingerprint density at radius 1 is 1.29 bits per heavy atom. The maximum absolute atomic E-state index is 12.4. The molecule has 0 bridgehead atoms. The van der Waals surface area contributed by atoms with Crippen LogP contribution in [0.15, 0.2) is 35.4 Å². The number of benzene rings is 1. The van der Waals surface area contributed by atoms with Crippen LogP contribution in [0.5, 0.6) is 0 Å². The third-order valence-corrected chi connectivity index (χ3v) is 4.72. The Morgan fingerprint density at radius 2 is 1.95 bits per heavy atom. The average Bonchev–Trinajstić information content (AvgIpc) is 2.78. The molecule has 0 spiro atoms. The van der Waals surface area contributed by atoms with Crippen LogP contribution >= 0.6 is 0 Å². The van der Waals surface area contributed by atoms with Crippen LogP contribution in [-0.2, 0) is 17.1 Å². The minimum Gasteiger partial charge on any atom is -0.364 e. The van der Waals surface area contributed by atoms with E-state index in [-0.39, 0.29) is 10.6 Å². The second-order valence-corrected chi connectivity index (χ2v) is 6.57. The van der Waals surface area contributed by atoms with Crippen molar-refractivity contribution in [2.45, 2.75) is 18.7 Å². The molecule has 0 aliphatic rings. The second-order valence-electron chi connectivity index (χ2n) is 4.89. The van der Waals surface area contributed by atoms with Gasteiger partial charge in [0.1, 0.15) is 10.6 Å². The smallest absolute Gasteiger partial charge is 0.265 e. The van der Waals surface area contributed by atoms with Crippen molar-refractivity contribution in [2.75, 3.05) is 4.72 Å². The van der Waals surface area contributed by atoms with E-state index in [1.165, 1.54) is 16.8 Å². The number of aryl methyl sites for hydroxylation is 2. The van der Waals surface area contributed by atoms with Gasteiger partial charge in [-0.3, -0.25) is 9.52 Å². The number of carbonyl (C=O) groups is 1. The molecule has 7 heteroatoms. The number of aromatic nitrogens is 1. The monoisotopic (exact) mass is 307 g/mol. The zero-order valence-corrected chi connectivity index (χ0v) is 12.9. The number of carbonyl (C=O) groups excluding carboxylic acids is 1. The van der Waals surface area contributed by atoms with E-state index in [0.717, 1.165) is 11.1 Å². The van der Waals surface area contributed by atoms with E-state index in [0.29, 0.717) is 5.69 Å². The van der Waals surface area contributed by atoms with E-state index in [1.54, 1.807) is 19.2 Å². The zero-order valence-electron chi connectivity index (χ0n) is 12.0. The number of rotatable bonds is 4. The van der Waals surface area contributed by atoms with Crippen LogP contribution in [0.25, 0.3) is 0 Å². The van der Waals surface area contributed by atoms with Gasteiger partial charge in [-0.25, -0.2) is 8.42 Å². The van der Waals surface area contributed by atoms with E-state index >= 15 is 0 Å². The maximum atomic E-state index is 12.4. The number of amides is 1. The molecule has 3 N–H and O–H groups in total. The highest BCUT2D eigenvalue weighted by Crippen LogP contribution is 2.22. The molecule has 1 heterocycles. The summed E-state index contributed by atoms with van der Waals surface area (Å²) >= 11 is 0. The fourth-order valence-electron chi connectivity index (χ4n) is 1.99. The molecule has 2 aromatic rings. The summed E-state index contributed by atoms with van der Waals surface area (Å²) in [6.45, 7) is 3.74. The molecule has 21 heavy (non-hydrogen) atoms. The van der Waals surface area contributed by atoms with Crippen molar-refractivity contribution in [1.82, 2.24) is 4.57 Å². The predicted molar refractivity (Wildman–Crippen MR) is 80.7 cm³/mol. The fourth-order valence-corrected chi connectivity index (χ4v) is 3.18. The molecule has 0 fully saturated rings. The van der Waals surface area contributed by atoms with Gasteiger partial charge in [0.15, 0.2) is 0 Å². The van der Waals surface area contributed by atoms with Gasteiger partial charge in [-0.05, 0) is 37.1 Å². The lowest BCUT2D eigenvalue weighted by molar-refractivity contribution is 0.0992. The Morgan fingerprint density at radius 3 is 2.52 bits per heavy atom. The summed E-state index contributed by atoms with van der Waals surface area (Å²) in [6.07, 6.45) is 1.35. The highest BCUT2D eigenvalue weighted by molar-refractivity contribution is 7.92. The number of anilines is 1. The van der Waals surface area contributed by atoms with Crippen LogP contribution in [0.2, 0.25) is 0 Å². The van der Waals surface area contributed by atoms with Gasteiger partial charge in [-0.15, -0.1) is 0 Å². The lowest BCUT2D eigenvalue weighted by Crippen LogP contribution is -2.14. The Bertz CT molecular complexity index is 807. The van der Waals surface area contributed by atoms with Gasteiger partial charge in [0.05, 0.1) is 5.69 Å². The number of primary amides is 1. The number of nitrogens with one attached hydrogen (secondary N) is 1. The molecule has 0 unspecified atom stereocenters. The van der Waals surface area contributed by atoms with Crippen LogP contribution < -0.4 is 10.5 Å².